The molecule has 1 saturated carbocycles. The smallest absolute Gasteiger partial charge is 0.242 e. The van der Waals surface area contributed by atoms with Crippen molar-refractivity contribution in [3.05, 3.63) is 18.3 Å². The predicted octanol–water partition coefficient (Wildman–Crippen LogP) is 0.493. The van der Waals surface area contributed by atoms with E-state index >= 15 is 0 Å². The molecule has 19 heavy (non-hydrogen) atoms. The predicted molar refractivity (Wildman–Crippen MR) is 71.8 cm³/mol. The molecule has 1 aromatic rings. The Morgan fingerprint density at radius 1 is 1.32 bits per heavy atom. The van der Waals surface area contributed by atoms with Gasteiger partial charge in [-0.3, -0.25) is 0 Å². The van der Waals surface area contributed by atoms with Gasteiger partial charge in [0.25, 0.3) is 0 Å². The second-order valence-corrected chi connectivity index (χ2v) is 6.71. The van der Waals surface area contributed by atoms with Gasteiger partial charge in [0.15, 0.2) is 0 Å². The first-order chi connectivity index (χ1) is 8.97. The molecule has 6 nitrogen and oxygen atoms in total. The lowest BCUT2D eigenvalue weighted by Crippen LogP contribution is -2.32. The number of nitrogens with two attached hydrogens (primary N) is 1. The lowest BCUT2D eigenvalue weighted by Gasteiger charge is -2.25. The molecule has 106 valence electrons. The van der Waals surface area contributed by atoms with Crippen LogP contribution in [0.3, 0.4) is 0 Å². The molecular weight excluding hydrogens is 266 g/mol. The minimum absolute atomic E-state index is 0.123. The van der Waals surface area contributed by atoms with Crippen LogP contribution >= 0.6 is 0 Å². The number of rotatable bonds is 4. The number of aliphatic hydroxyl groups excluding tert-OH is 1. The first kappa shape index (κ1) is 14.2. The van der Waals surface area contributed by atoms with Gasteiger partial charge in [0, 0.05) is 12.7 Å². The normalized spacial score (nSPS) is 24.3. The van der Waals surface area contributed by atoms with E-state index in [1.54, 1.807) is 0 Å². The molecule has 2 rings (SSSR count). The molecular formula is C12H19N3O3S. The Labute approximate surface area is 113 Å². The number of anilines is 1. The topological polar surface area (TPSA) is 105 Å². The second-order valence-electron chi connectivity index (χ2n) is 4.95. The van der Waals surface area contributed by atoms with Crippen LogP contribution in [0.4, 0.5) is 5.82 Å². The molecule has 1 aliphatic rings. The average molecular weight is 285 g/mol. The Kier molecular flexibility index (Phi) is 4.38. The van der Waals surface area contributed by atoms with E-state index < -0.39 is 10.0 Å². The molecule has 7 heteroatoms. The average Bonchev–Trinajstić information content (AvgIpc) is 2.39. The molecule has 1 aromatic heterocycles. The highest BCUT2D eigenvalue weighted by Gasteiger charge is 2.22. The van der Waals surface area contributed by atoms with Gasteiger partial charge in [-0.1, -0.05) is 0 Å². The number of hydrogen-bond acceptors (Lipinski definition) is 5. The summed E-state index contributed by atoms with van der Waals surface area (Å²) in [6, 6.07) is 2.90. The maximum absolute atomic E-state index is 12.0. The summed E-state index contributed by atoms with van der Waals surface area (Å²) >= 11 is 0. The highest BCUT2D eigenvalue weighted by atomic mass is 32.2. The Morgan fingerprint density at radius 3 is 2.58 bits per heavy atom. The van der Waals surface area contributed by atoms with E-state index in [-0.39, 0.29) is 11.0 Å². The maximum Gasteiger partial charge on any atom is 0.242 e. The van der Waals surface area contributed by atoms with Crippen molar-refractivity contribution in [1.29, 1.82) is 0 Å². The number of nitrogen functional groups attached to an aromatic ring is 1. The minimum Gasteiger partial charge on any atom is -0.393 e. The van der Waals surface area contributed by atoms with Gasteiger partial charge in [-0.05, 0) is 43.7 Å². The fourth-order valence-corrected chi connectivity index (χ4v) is 3.27. The zero-order valence-electron chi connectivity index (χ0n) is 10.6. The minimum atomic E-state index is -3.52. The van der Waals surface area contributed by atoms with E-state index in [2.05, 4.69) is 9.71 Å². The quantitative estimate of drug-likeness (QED) is 0.747. The van der Waals surface area contributed by atoms with Crippen LogP contribution in [0.5, 0.6) is 0 Å². The molecule has 0 atom stereocenters. The third-order valence-electron chi connectivity index (χ3n) is 3.45. The van der Waals surface area contributed by atoms with Crippen LogP contribution in [0.1, 0.15) is 25.7 Å². The number of aromatic nitrogens is 1. The number of sulfonamides is 1. The molecule has 0 bridgehead atoms. The van der Waals surface area contributed by atoms with Crippen LogP contribution in [0.25, 0.3) is 0 Å². The van der Waals surface area contributed by atoms with Gasteiger partial charge in [-0.25, -0.2) is 18.1 Å². The standard InChI is InChI=1S/C12H19N3O3S/c13-12-6-5-11(8-14-12)19(17,18)15-7-9-1-3-10(16)4-2-9/h5-6,8-10,15-16H,1-4,7H2,(H2,13,14). The van der Waals surface area contributed by atoms with Gasteiger partial charge in [0.05, 0.1) is 6.10 Å². The van der Waals surface area contributed by atoms with Crippen molar-refractivity contribution in [2.24, 2.45) is 5.92 Å². The number of nitrogens with one attached hydrogen (secondary N) is 1. The monoisotopic (exact) mass is 285 g/mol. The zero-order chi connectivity index (χ0) is 13.9. The van der Waals surface area contributed by atoms with Crippen molar-refractivity contribution in [3.63, 3.8) is 0 Å². The lowest BCUT2D eigenvalue weighted by molar-refractivity contribution is 0.109. The van der Waals surface area contributed by atoms with E-state index in [0.29, 0.717) is 18.3 Å². The van der Waals surface area contributed by atoms with Crippen molar-refractivity contribution in [1.82, 2.24) is 9.71 Å². The van der Waals surface area contributed by atoms with E-state index in [9.17, 15) is 13.5 Å². The molecule has 0 aliphatic heterocycles. The zero-order valence-corrected chi connectivity index (χ0v) is 11.4. The van der Waals surface area contributed by atoms with Gasteiger partial charge in [0.2, 0.25) is 10.0 Å². The maximum atomic E-state index is 12.0. The molecule has 4 N–H and O–H groups in total. The van der Waals surface area contributed by atoms with Crippen LogP contribution in [-0.4, -0.2) is 31.2 Å². The molecule has 0 spiro atoms. The summed E-state index contributed by atoms with van der Waals surface area (Å²) in [5, 5.41) is 9.40. The van der Waals surface area contributed by atoms with Gasteiger partial charge < -0.3 is 10.8 Å². The SMILES string of the molecule is Nc1ccc(S(=O)(=O)NCC2CCC(O)CC2)cn1. The third-order valence-corrected chi connectivity index (χ3v) is 4.86. The van der Waals surface area contributed by atoms with Crippen molar-refractivity contribution < 1.29 is 13.5 Å². The Hall–Kier alpha value is -1.18. The highest BCUT2D eigenvalue weighted by Crippen LogP contribution is 2.23. The number of nitrogens with zero attached hydrogens (tertiary/aromatic N) is 1. The van der Waals surface area contributed by atoms with Crippen LogP contribution in [0.15, 0.2) is 23.2 Å². The van der Waals surface area contributed by atoms with Crippen LogP contribution in [-0.2, 0) is 10.0 Å². The number of pyridine rings is 1. The first-order valence-electron chi connectivity index (χ1n) is 6.36. The van der Waals surface area contributed by atoms with E-state index in [4.69, 9.17) is 5.73 Å². The van der Waals surface area contributed by atoms with Crippen LogP contribution < -0.4 is 10.5 Å². The molecule has 0 amide bonds. The molecule has 1 fully saturated rings. The van der Waals surface area contributed by atoms with Crippen LogP contribution in [0.2, 0.25) is 0 Å². The van der Waals surface area contributed by atoms with Gasteiger partial charge in [-0.15, -0.1) is 0 Å². The summed E-state index contributed by atoms with van der Waals surface area (Å²) in [5.74, 6) is 0.583. The third kappa shape index (κ3) is 3.89. The van der Waals surface area contributed by atoms with Crippen molar-refractivity contribution >= 4 is 15.8 Å². The molecule has 0 aromatic carbocycles. The van der Waals surface area contributed by atoms with E-state index in [0.717, 1.165) is 25.7 Å². The molecule has 1 heterocycles. The van der Waals surface area contributed by atoms with Gasteiger partial charge >= 0.3 is 0 Å². The summed E-state index contributed by atoms with van der Waals surface area (Å²) in [5.41, 5.74) is 5.42. The largest absolute Gasteiger partial charge is 0.393 e. The van der Waals surface area contributed by atoms with Gasteiger partial charge in [0.1, 0.15) is 10.7 Å². The fraction of sp³-hybridized carbons (Fsp3) is 0.583. The Balaban J connectivity index is 1.92. The Morgan fingerprint density at radius 2 is 2.00 bits per heavy atom. The lowest BCUT2D eigenvalue weighted by atomic mass is 9.88. The van der Waals surface area contributed by atoms with Crippen molar-refractivity contribution in [2.75, 3.05) is 12.3 Å². The molecule has 0 unspecified atom stereocenters. The summed E-state index contributed by atoms with van der Waals surface area (Å²) in [4.78, 5) is 3.90. The van der Waals surface area contributed by atoms with E-state index in [1.807, 2.05) is 0 Å². The van der Waals surface area contributed by atoms with E-state index in [1.165, 1.54) is 18.3 Å². The summed E-state index contributed by atoms with van der Waals surface area (Å²) in [6.07, 6.45) is 4.22. The highest BCUT2D eigenvalue weighted by molar-refractivity contribution is 7.89. The first-order valence-corrected chi connectivity index (χ1v) is 7.85. The van der Waals surface area contributed by atoms with Crippen LogP contribution in [0, 0.1) is 5.92 Å². The molecule has 0 saturated heterocycles. The summed E-state index contributed by atoms with van der Waals surface area (Å²) in [6.45, 7) is 0.402. The fourth-order valence-electron chi connectivity index (χ4n) is 2.21. The second kappa shape index (κ2) is 5.85. The molecule has 0 radical (unpaired) electrons. The van der Waals surface area contributed by atoms with Crippen molar-refractivity contribution in [2.45, 2.75) is 36.7 Å². The summed E-state index contributed by atoms with van der Waals surface area (Å²) in [7, 11) is -3.52. The van der Waals surface area contributed by atoms with Crippen molar-refractivity contribution in [3.8, 4) is 0 Å². The van der Waals surface area contributed by atoms with Gasteiger partial charge in [-0.2, -0.15) is 0 Å². The Bertz CT molecular complexity index is 508. The molecule has 1 aliphatic carbocycles. The number of hydrogen-bond donors (Lipinski definition) is 3. The summed E-state index contributed by atoms with van der Waals surface area (Å²) < 4.78 is 26.6. The number of aliphatic hydroxyl groups is 1.